The summed E-state index contributed by atoms with van der Waals surface area (Å²) in [7, 11) is 1.65. The van der Waals surface area contributed by atoms with Gasteiger partial charge in [0, 0.05) is 41.7 Å². The zero-order valence-corrected chi connectivity index (χ0v) is 23.5. The van der Waals surface area contributed by atoms with E-state index in [9.17, 15) is 24.3 Å². The highest BCUT2D eigenvalue weighted by Gasteiger charge is 2.30. The molecule has 4 N–H and O–H groups in total. The molecule has 0 unspecified atom stereocenters. The molecule has 0 bridgehead atoms. The quantitative estimate of drug-likeness (QED) is 0.351. The molecule has 0 saturated heterocycles. The van der Waals surface area contributed by atoms with E-state index in [2.05, 4.69) is 16.0 Å². The van der Waals surface area contributed by atoms with E-state index in [0.717, 1.165) is 54.0 Å². The van der Waals surface area contributed by atoms with Crippen LogP contribution in [0.4, 0.5) is 21.9 Å². The van der Waals surface area contributed by atoms with E-state index in [-0.39, 0.29) is 35.9 Å². The molecule has 3 amide bonds. The summed E-state index contributed by atoms with van der Waals surface area (Å²) in [6.45, 7) is 5.29. The largest absolute Gasteiger partial charge is 0.478 e. The highest BCUT2D eigenvalue weighted by atomic mass is 16.4. The average Bonchev–Trinajstić information content (AvgIpc) is 3.04. The van der Waals surface area contributed by atoms with Gasteiger partial charge >= 0.3 is 12.0 Å². The number of carbonyl (C=O) groups excluding carboxylic acids is 3. The third-order valence-electron chi connectivity index (χ3n) is 7.30. The molecule has 10 nitrogen and oxygen atoms in total. The zero-order valence-electron chi connectivity index (χ0n) is 23.5. The first-order valence-corrected chi connectivity index (χ1v) is 13.6. The first kappa shape index (κ1) is 28.8. The number of carboxylic acids is 1. The highest BCUT2D eigenvalue weighted by molar-refractivity contribution is 6.11. The van der Waals surface area contributed by atoms with Gasteiger partial charge in [-0.05, 0) is 42.7 Å². The summed E-state index contributed by atoms with van der Waals surface area (Å²) in [6.07, 6.45) is 5.40. The minimum Gasteiger partial charge on any atom is -0.478 e. The summed E-state index contributed by atoms with van der Waals surface area (Å²) in [6, 6.07) is 9.52. The van der Waals surface area contributed by atoms with Crippen LogP contribution in [-0.2, 0) is 16.0 Å². The van der Waals surface area contributed by atoms with Crippen molar-refractivity contribution in [3.63, 3.8) is 0 Å². The van der Waals surface area contributed by atoms with Gasteiger partial charge in [-0.2, -0.15) is 5.10 Å². The molecule has 2 aromatic rings. The van der Waals surface area contributed by atoms with Crippen LogP contribution in [0.5, 0.6) is 0 Å². The fourth-order valence-corrected chi connectivity index (χ4v) is 4.98. The van der Waals surface area contributed by atoms with E-state index >= 15 is 0 Å². The summed E-state index contributed by atoms with van der Waals surface area (Å²) in [4.78, 5) is 50.5. The summed E-state index contributed by atoms with van der Waals surface area (Å²) < 4.78 is 0. The number of benzene rings is 2. The molecule has 0 aromatic heterocycles. The number of Topliss-reactive ketones (excluding diaryl/α,β-unsaturated/α-hetero) is 1. The van der Waals surface area contributed by atoms with Crippen LogP contribution < -0.4 is 16.0 Å². The smallest absolute Gasteiger partial charge is 0.342 e. The molecule has 40 heavy (non-hydrogen) atoms. The van der Waals surface area contributed by atoms with Gasteiger partial charge in [-0.15, -0.1) is 0 Å². The van der Waals surface area contributed by atoms with Crippen molar-refractivity contribution < 1.29 is 24.3 Å². The van der Waals surface area contributed by atoms with Gasteiger partial charge in [0.15, 0.2) is 0 Å². The van der Waals surface area contributed by atoms with Crippen LogP contribution in [0.1, 0.15) is 74.4 Å². The normalized spacial score (nSPS) is 15.8. The van der Waals surface area contributed by atoms with Gasteiger partial charge in [-0.1, -0.05) is 52.2 Å². The number of aromatic carboxylic acids is 1. The Hall–Kier alpha value is -4.21. The Morgan fingerprint density at radius 1 is 1.05 bits per heavy atom. The number of urea groups is 1. The standard InChI is InChI=1S/C30H37N5O5/c1-30(2,3)25(36)13-18-10-11-23-24(12-18)33-29(40)35(34-27(23)19-8-6-5-7-9-19)17-26(37)32-22-15-20(28(38)39)14-21(16-22)31-4/h10-12,14-16,19,31H,5-9,13,17H2,1-4H3,(H,32,37)(H,33,40)(H,38,39). The SMILES string of the molecule is CNc1cc(NC(=O)CN2N=C(C3CCCCC3)c3ccc(CC(=O)C(C)(C)C)cc3NC2=O)cc(C(=O)O)c1. The fourth-order valence-electron chi connectivity index (χ4n) is 4.98. The Kier molecular flexibility index (Phi) is 8.56. The van der Waals surface area contributed by atoms with Crippen molar-refractivity contribution in [2.45, 2.75) is 59.3 Å². The number of carbonyl (C=O) groups is 4. The maximum absolute atomic E-state index is 13.3. The number of carboxylic acid groups (broad SMARTS) is 1. The highest BCUT2D eigenvalue weighted by Crippen LogP contribution is 2.33. The Morgan fingerprint density at radius 3 is 2.40 bits per heavy atom. The predicted molar refractivity (Wildman–Crippen MR) is 155 cm³/mol. The summed E-state index contributed by atoms with van der Waals surface area (Å²) in [5, 5.41) is 23.7. The number of hydrogen-bond acceptors (Lipinski definition) is 6. The van der Waals surface area contributed by atoms with Crippen LogP contribution in [0.3, 0.4) is 0 Å². The Bertz CT molecular complexity index is 1350. The molecule has 1 fully saturated rings. The second kappa shape index (κ2) is 11.9. The van der Waals surface area contributed by atoms with Crippen LogP contribution in [0.25, 0.3) is 0 Å². The topological polar surface area (TPSA) is 140 Å². The molecule has 1 aliphatic carbocycles. The third-order valence-corrected chi connectivity index (χ3v) is 7.30. The van der Waals surface area contributed by atoms with Gasteiger partial charge < -0.3 is 21.1 Å². The van der Waals surface area contributed by atoms with Gasteiger partial charge in [0.1, 0.15) is 12.3 Å². The van der Waals surface area contributed by atoms with Crippen molar-refractivity contribution in [3.05, 3.63) is 53.1 Å². The van der Waals surface area contributed by atoms with Crippen molar-refractivity contribution in [2.75, 3.05) is 29.5 Å². The number of hydrazone groups is 1. The van der Waals surface area contributed by atoms with E-state index < -0.39 is 23.3 Å². The number of hydrogen-bond donors (Lipinski definition) is 4. The van der Waals surface area contributed by atoms with Crippen molar-refractivity contribution in [1.82, 2.24) is 5.01 Å². The predicted octanol–water partition coefficient (Wildman–Crippen LogP) is 5.35. The van der Waals surface area contributed by atoms with Gasteiger partial charge in [0.2, 0.25) is 5.91 Å². The lowest BCUT2D eigenvalue weighted by molar-refractivity contribution is -0.125. The fraction of sp³-hybridized carbons (Fsp3) is 0.433. The minimum absolute atomic E-state index is 0.0171. The summed E-state index contributed by atoms with van der Waals surface area (Å²) in [5.41, 5.74) is 3.27. The van der Waals surface area contributed by atoms with Crippen LogP contribution in [0.15, 0.2) is 41.5 Å². The first-order chi connectivity index (χ1) is 18.9. The van der Waals surface area contributed by atoms with Gasteiger partial charge in [0.25, 0.3) is 0 Å². The van der Waals surface area contributed by atoms with Crippen LogP contribution in [0, 0.1) is 11.3 Å². The molecular weight excluding hydrogens is 510 g/mol. The van der Waals surface area contributed by atoms with Gasteiger partial charge in [0.05, 0.1) is 17.0 Å². The van der Waals surface area contributed by atoms with Gasteiger partial charge in [-0.25, -0.2) is 14.6 Å². The number of ketones is 1. The number of fused-ring (bicyclic) bond motifs is 1. The zero-order chi connectivity index (χ0) is 29.0. The second-order valence-corrected chi connectivity index (χ2v) is 11.4. The molecule has 0 spiro atoms. The van der Waals surface area contributed by atoms with E-state index in [4.69, 9.17) is 5.10 Å². The molecule has 1 aliphatic heterocycles. The van der Waals surface area contributed by atoms with E-state index in [1.807, 2.05) is 39.0 Å². The van der Waals surface area contributed by atoms with Crippen LogP contribution in [-0.4, -0.2) is 53.1 Å². The summed E-state index contributed by atoms with van der Waals surface area (Å²) >= 11 is 0. The van der Waals surface area contributed by atoms with Gasteiger partial charge in [-0.3, -0.25) is 9.59 Å². The lowest BCUT2D eigenvalue weighted by atomic mass is 9.82. The molecule has 1 heterocycles. The Labute approximate surface area is 234 Å². The Balaban J connectivity index is 1.61. The monoisotopic (exact) mass is 547 g/mol. The van der Waals surface area contributed by atoms with Crippen molar-refractivity contribution in [1.29, 1.82) is 0 Å². The number of rotatable bonds is 8. The maximum Gasteiger partial charge on any atom is 0.342 e. The molecule has 0 radical (unpaired) electrons. The molecule has 2 aliphatic rings. The molecule has 10 heteroatoms. The van der Waals surface area contributed by atoms with Crippen molar-refractivity contribution in [2.24, 2.45) is 16.4 Å². The first-order valence-electron chi connectivity index (χ1n) is 13.6. The summed E-state index contributed by atoms with van der Waals surface area (Å²) in [5.74, 6) is -1.41. The molecule has 0 atom stereocenters. The number of anilines is 3. The molecule has 2 aromatic carbocycles. The molecule has 4 rings (SSSR count). The van der Waals surface area contributed by atoms with Crippen LogP contribution >= 0.6 is 0 Å². The molecule has 212 valence electrons. The average molecular weight is 548 g/mol. The lowest BCUT2D eigenvalue weighted by Gasteiger charge is -2.24. The van der Waals surface area contributed by atoms with Crippen molar-refractivity contribution >= 4 is 46.5 Å². The second-order valence-electron chi connectivity index (χ2n) is 11.4. The Morgan fingerprint density at radius 2 is 1.75 bits per heavy atom. The lowest BCUT2D eigenvalue weighted by Crippen LogP contribution is -2.37. The van der Waals surface area contributed by atoms with E-state index in [1.165, 1.54) is 12.1 Å². The minimum atomic E-state index is -1.12. The molecule has 1 saturated carbocycles. The number of nitrogens with zero attached hydrogens (tertiary/aromatic N) is 2. The van der Waals surface area contributed by atoms with Crippen molar-refractivity contribution in [3.8, 4) is 0 Å². The third kappa shape index (κ3) is 6.86. The number of nitrogens with one attached hydrogen (secondary N) is 3. The maximum atomic E-state index is 13.3. The van der Waals surface area contributed by atoms with E-state index in [1.54, 1.807) is 13.1 Å². The van der Waals surface area contributed by atoms with Crippen LogP contribution in [0.2, 0.25) is 0 Å². The van der Waals surface area contributed by atoms with E-state index in [0.29, 0.717) is 11.4 Å². The molecular formula is C30H37N5O5. The number of amides is 3.